The first-order valence-corrected chi connectivity index (χ1v) is 11.4. The number of hydrogen-bond donors (Lipinski definition) is 1. The largest absolute Gasteiger partial charge is 0.481 e. The van der Waals surface area contributed by atoms with Crippen molar-refractivity contribution in [3.8, 4) is 0 Å². The van der Waals surface area contributed by atoms with Gasteiger partial charge in [0.15, 0.2) is 0 Å². The summed E-state index contributed by atoms with van der Waals surface area (Å²) in [4.78, 5) is 50.0. The Bertz CT molecular complexity index is 756. The SMILES string of the molecule is C[C@H](CCC(=O)O)[C@@H]1CC[C@H]2[C@H]3C(=O)C[C@H]4CC(=O)CC[C@]4(C)[C@H]3CC(=O)[C@]21C. The van der Waals surface area contributed by atoms with Gasteiger partial charge in [-0.1, -0.05) is 20.8 Å². The molecule has 1 N–H and O–H groups in total. The summed E-state index contributed by atoms with van der Waals surface area (Å²) >= 11 is 0. The number of carbonyl (C=O) groups is 4. The van der Waals surface area contributed by atoms with Crippen LogP contribution in [0.25, 0.3) is 0 Å². The fraction of sp³-hybridized carbons (Fsp3) is 0.833. The molecule has 5 heteroatoms. The summed E-state index contributed by atoms with van der Waals surface area (Å²) in [7, 11) is 0. The molecule has 4 aliphatic carbocycles. The third kappa shape index (κ3) is 3.02. The molecule has 4 fully saturated rings. The normalized spacial score (nSPS) is 45.3. The molecule has 0 aliphatic heterocycles. The highest BCUT2D eigenvalue weighted by atomic mass is 16.4. The van der Waals surface area contributed by atoms with E-state index in [0.717, 1.165) is 19.3 Å². The van der Waals surface area contributed by atoms with Gasteiger partial charge in [-0.15, -0.1) is 0 Å². The molecule has 0 heterocycles. The zero-order valence-electron chi connectivity index (χ0n) is 17.9. The van der Waals surface area contributed by atoms with Gasteiger partial charge in [-0.3, -0.25) is 19.2 Å². The maximum atomic E-state index is 13.6. The number of carboxylic acid groups (broad SMARTS) is 1. The molecule has 0 aromatic rings. The minimum Gasteiger partial charge on any atom is -0.481 e. The van der Waals surface area contributed by atoms with E-state index in [2.05, 4.69) is 20.8 Å². The molecule has 0 radical (unpaired) electrons. The van der Waals surface area contributed by atoms with Crippen molar-refractivity contribution in [2.75, 3.05) is 0 Å². The first kappa shape index (κ1) is 20.7. The van der Waals surface area contributed by atoms with Gasteiger partial charge in [-0.2, -0.15) is 0 Å². The fourth-order valence-corrected chi connectivity index (χ4v) is 7.94. The van der Waals surface area contributed by atoms with E-state index >= 15 is 0 Å². The lowest BCUT2D eigenvalue weighted by molar-refractivity contribution is -0.166. The zero-order chi connectivity index (χ0) is 21.1. The van der Waals surface area contributed by atoms with E-state index in [9.17, 15) is 19.2 Å². The molecule has 4 aliphatic rings. The monoisotopic (exact) mass is 402 g/mol. The molecule has 8 atom stereocenters. The second kappa shape index (κ2) is 7.02. The smallest absolute Gasteiger partial charge is 0.303 e. The molecular weight excluding hydrogens is 368 g/mol. The third-order valence-electron chi connectivity index (χ3n) is 9.72. The average molecular weight is 403 g/mol. The van der Waals surface area contributed by atoms with Gasteiger partial charge >= 0.3 is 5.97 Å². The van der Waals surface area contributed by atoms with Crippen LogP contribution in [0.15, 0.2) is 0 Å². The van der Waals surface area contributed by atoms with Gasteiger partial charge in [0.25, 0.3) is 0 Å². The second-order valence-corrected chi connectivity index (χ2v) is 10.9. The highest BCUT2D eigenvalue weighted by molar-refractivity contribution is 5.93. The van der Waals surface area contributed by atoms with Crippen LogP contribution in [0.5, 0.6) is 0 Å². The second-order valence-electron chi connectivity index (χ2n) is 10.9. The molecule has 4 saturated carbocycles. The molecule has 29 heavy (non-hydrogen) atoms. The van der Waals surface area contributed by atoms with E-state index in [1.165, 1.54) is 0 Å². The summed E-state index contributed by atoms with van der Waals surface area (Å²) in [6.45, 7) is 6.37. The van der Waals surface area contributed by atoms with Crippen molar-refractivity contribution in [1.82, 2.24) is 0 Å². The highest BCUT2D eigenvalue weighted by Crippen LogP contribution is 2.66. The number of ketones is 3. The summed E-state index contributed by atoms with van der Waals surface area (Å²) in [6, 6.07) is 0. The summed E-state index contributed by atoms with van der Waals surface area (Å²) in [5.41, 5.74) is -0.598. The lowest BCUT2D eigenvalue weighted by Crippen LogP contribution is -2.60. The topological polar surface area (TPSA) is 88.5 Å². The number of Topliss-reactive ketones (excluding diaryl/α,β-unsaturated/α-hetero) is 3. The summed E-state index contributed by atoms with van der Waals surface area (Å²) in [6.07, 6.45) is 5.33. The Balaban J connectivity index is 1.63. The van der Waals surface area contributed by atoms with Gasteiger partial charge in [0, 0.05) is 43.4 Å². The van der Waals surface area contributed by atoms with Crippen LogP contribution < -0.4 is 0 Å². The standard InChI is InChI=1S/C24H34O5/c1-13(4-7-21(28)29)16-5-6-17-22-18(12-20(27)24(16,17)3)23(2)9-8-15(25)10-14(23)11-19(22)26/h13-14,16-18,22H,4-12H2,1-3H3,(H,28,29)/t13-,14-,16+,17+,18+,22-,23+,24+/m1/s1. The minimum absolute atomic E-state index is 0.0659. The van der Waals surface area contributed by atoms with Crippen molar-refractivity contribution in [1.29, 1.82) is 0 Å². The van der Waals surface area contributed by atoms with Crippen LogP contribution in [0, 0.1) is 46.3 Å². The van der Waals surface area contributed by atoms with Crippen molar-refractivity contribution in [2.45, 2.75) is 78.6 Å². The molecule has 0 aromatic heterocycles. The quantitative estimate of drug-likeness (QED) is 0.766. The molecule has 0 bridgehead atoms. The van der Waals surface area contributed by atoms with Crippen molar-refractivity contribution in [2.24, 2.45) is 46.3 Å². The van der Waals surface area contributed by atoms with Gasteiger partial charge in [0.1, 0.15) is 17.3 Å². The zero-order valence-corrected chi connectivity index (χ0v) is 17.9. The highest BCUT2D eigenvalue weighted by Gasteiger charge is 2.66. The molecular formula is C24H34O5. The number of rotatable bonds is 4. The number of carboxylic acids is 1. The summed E-state index contributed by atoms with van der Waals surface area (Å²) in [5.74, 6) is 0.524. The maximum absolute atomic E-state index is 13.6. The summed E-state index contributed by atoms with van der Waals surface area (Å²) in [5, 5.41) is 9.06. The van der Waals surface area contributed by atoms with Crippen LogP contribution in [0.2, 0.25) is 0 Å². The van der Waals surface area contributed by atoms with E-state index < -0.39 is 11.4 Å². The van der Waals surface area contributed by atoms with Crippen molar-refractivity contribution < 1.29 is 24.3 Å². The van der Waals surface area contributed by atoms with Crippen LogP contribution in [0.1, 0.15) is 78.6 Å². The number of aliphatic carboxylic acids is 1. The Morgan fingerprint density at radius 1 is 1.10 bits per heavy atom. The first-order chi connectivity index (χ1) is 13.6. The van der Waals surface area contributed by atoms with Gasteiger partial charge < -0.3 is 5.11 Å². The van der Waals surface area contributed by atoms with Gasteiger partial charge in [-0.05, 0) is 60.7 Å². The van der Waals surface area contributed by atoms with Crippen molar-refractivity contribution in [3.63, 3.8) is 0 Å². The molecule has 4 rings (SSSR count). The Morgan fingerprint density at radius 3 is 2.52 bits per heavy atom. The van der Waals surface area contributed by atoms with E-state index in [4.69, 9.17) is 5.11 Å². The Hall–Kier alpha value is -1.52. The van der Waals surface area contributed by atoms with Crippen LogP contribution in [-0.4, -0.2) is 28.4 Å². The van der Waals surface area contributed by atoms with Crippen LogP contribution in [-0.2, 0) is 19.2 Å². The molecule has 0 saturated heterocycles. The Kier molecular flexibility index (Phi) is 5.02. The van der Waals surface area contributed by atoms with Crippen molar-refractivity contribution in [3.05, 3.63) is 0 Å². The number of carbonyl (C=O) groups excluding carboxylic acids is 3. The van der Waals surface area contributed by atoms with Crippen molar-refractivity contribution >= 4 is 23.3 Å². The van der Waals surface area contributed by atoms with Crippen LogP contribution >= 0.6 is 0 Å². The predicted octanol–water partition coefficient (Wildman–Crippen LogP) is 4.07. The lowest BCUT2D eigenvalue weighted by Gasteiger charge is -2.58. The third-order valence-corrected chi connectivity index (χ3v) is 9.72. The molecule has 0 unspecified atom stereocenters. The van der Waals surface area contributed by atoms with Gasteiger partial charge in [-0.25, -0.2) is 0 Å². The first-order valence-electron chi connectivity index (χ1n) is 11.4. The minimum atomic E-state index is -0.792. The molecule has 5 nitrogen and oxygen atoms in total. The molecule has 0 spiro atoms. The van der Waals surface area contributed by atoms with Gasteiger partial charge in [0.2, 0.25) is 0 Å². The van der Waals surface area contributed by atoms with Crippen LogP contribution in [0.3, 0.4) is 0 Å². The number of hydrogen-bond acceptors (Lipinski definition) is 4. The van der Waals surface area contributed by atoms with E-state index in [-0.39, 0.29) is 64.7 Å². The van der Waals surface area contributed by atoms with Crippen LogP contribution in [0.4, 0.5) is 0 Å². The Morgan fingerprint density at radius 2 is 1.83 bits per heavy atom. The Labute approximate surface area is 173 Å². The molecule has 0 aromatic carbocycles. The van der Waals surface area contributed by atoms with E-state index in [1.54, 1.807) is 0 Å². The van der Waals surface area contributed by atoms with E-state index in [1.807, 2.05) is 0 Å². The lowest BCUT2D eigenvalue weighted by atomic mass is 9.44. The summed E-state index contributed by atoms with van der Waals surface area (Å²) < 4.78 is 0. The fourth-order valence-electron chi connectivity index (χ4n) is 7.94. The van der Waals surface area contributed by atoms with Gasteiger partial charge in [0.05, 0.1) is 0 Å². The maximum Gasteiger partial charge on any atom is 0.303 e. The average Bonchev–Trinajstić information content (AvgIpc) is 3.01. The predicted molar refractivity (Wildman–Crippen MR) is 107 cm³/mol. The van der Waals surface area contributed by atoms with E-state index in [0.29, 0.717) is 32.1 Å². The molecule has 0 amide bonds. The number of fused-ring (bicyclic) bond motifs is 5. The molecule has 160 valence electrons.